The summed E-state index contributed by atoms with van der Waals surface area (Å²) >= 11 is 7.60. The van der Waals surface area contributed by atoms with Gasteiger partial charge in [0, 0.05) is 32.4 Å². The van der Waals surface area contributed by atoms with Crippen molar-refractivity contribution in [3.8, 4) is 0 Å². The van der Waals surface area contributed by atoms with E-state index in [-0.39, 0.29) is 22.5 Å². The van der Waals surface area contributed by atoms with E-state index in [0.29, 0.717) is 38.4 Å². The molecule has 1 fully saturated rings. The standard InChI is InChI=1S/C20H22ClF3N4O3S/c1-32-10-4-15(26-18(29)16-3-2-9-31-16)19(30)28-7-5-27(6-8-28)17-14(21)11-13(12-25-17)20(22,23)24/h2-3,9,11-12,15H,4-8,10H2,1H3,(H,26,29)/t15-/m1/s1. The van der Waals surface area contributed by atoms with Gasteiger partial charge in [0.15, 0.2) is 5.76 Å². The normalized spacial score (nSPS) is 15.5. The minimum atomic E-state index is -4.52. The summed E-state index contributed by atoms with van der Waals surface area (Å²) in [6.07, 6.45) is -0.0187. The van der Waals surface area contributed by atoms with E-state index in [1.54, 1.807) is 27.6 Å². The number of thioether (sulfide) groups is 1. The lowest BCUT2D eigenvalue weighted by atomic mass is 10.1. The summed E-state index contributed by atoms with van der Waals surface area (Å²) in [7, 11) is 0. The number of nitrogens with zero attached hydrogens (tertiary/aromatic N) is 3. The topological polar surface area (TPSA) is 78.7 Å². The van der Waals surface area contributed by atoms with Crippen LogP contribution in [0.1, 0.15) is 22.5 Å². The number of hydrogen-bond donors (Lipinski definition) is 1. The fraction of sp³-hybridized carbons (Fsp3) is 0.450. The summed E-state index contributed by atoms with van der Waals surface area (Å²) in [5, 5.41) is 2.64. The van der Waals surface area contributed by atoms with Crippen LogP contribution in [0.25, 0.3) is 0 Å². The molecule has 12 heteroatoms. The minimum absolute atomic E-state index is 0.0943. The molecule has 3 rings (SSSR count). The lowest BCUT2D eigenvalue weighted by molar-refractivity contribution is -0.138. The van der Waals surface area contributed by atoms with E-state index >= 15 is 0 Å². The van der Waals surface area contributed by atoms with E-state index in [4.69, 9.17) is 16.0 Å². The van der Waals surface area contributed by atoms with E-state index in [1.165, 1.54) is 12.3 Å². The Morgan fingerprint density at radius 1 is 1.31 bits per heavy atom. The third kappa shape index (κ3) is 5.89. The molecular weight excluding hydrogens is 469 g/mol. The zero-order chi connectivity index (χ0) is 23.3. The Hall–Kier alpha value is -2.40. The molecule has 2 aromatic heterocycles. The van der Waals surface area contributed by atoms with Crippen LogP contribution in [0.4, 0.5) is 19.0 Å². The number of alkyl halides is 3. The van der Waals surface area contributed by atoms with Crippen LogP contribution >= 0.6 is 23.4 Å². The average Bonchev–Trinajstić information content (AvgIpc) is 3.30. The third-order valence-corrected chi connectivity index (χ3v) is 5.92. The Balaban J connectivity index is 1.63. The number of amides is 2. The first-order chi connectivity index (χ1) is 15.2. The zero-order valence-corrected chi connectivity index (χ0v) is 18.8. The highest BCUT2D eigenvalue weighted by Crippen LogP contribution is 2.33. The molecule has 1 aliphatic heterocycles. The monoisotopic (exact) mass is 490 g/mol. The Morgan fingerprint density at radius 2 is 2.03 bits per heavy atom. The summed E-state index contributed by atoms with van der Waals surface area (Å²) in [5.41, 5.74) is -0.913. The molecule has 2 amide bonds. The highest BCUT2D eigenvalue weighted by Gasteiger charge is 2.33. The van der Waals surface area contributed by atoms with Crippen molar-refractivity contribution >= 4 is 41.0 Å². The molecule has 3 heterocycles. The lowest BCUT2D eigenvalue weighted by Crippen LogP contribution is -2.55. The van der Waals surface area contributed by atoms with Crippen LogP contribution in [-0.4, -0.2) is 65.9 Å². The molecule has 1 aliphatic rings. The molecule has 7 nitrogen and oxygen atoms in total. The molecule has 0 saturated carbocycles. The largest absolute Gasteiger partial charge is 0.459 e. The first-order valence-corrected chi connectivity index (χ1v) is 11.6. The number of halogens is 4. The Kier molecular flexibility index (Phi) is 7.94. The molecule has 2 aromatic rings. The van der Waals surface area contributed by atoms with E-state index in [9.17, 15) is 22.8 Å². The molecule has 0 aromatic carbocycles. The maximum atomic E-state index is 13.1. The van der Waals surface area contributed by atoms with Gasteiger partial charge in [0.05, 0.1) is 16.8 Å². The van der Waals surface area contributed by atoms with Crippen LogP contribution < -0.4 is 10.2 Å². The fourth-order valence-electron chi connectivity index (χ4n) is 3.31. The van der Waals surface area contributed by atoms with Gasteiger partial charge >= 0.3 is 6.18 Å². The van der Waals surface area contributed by atoms with Gasteiger partial charge in [0.1, 0.15) is 11.9 Å². The number of piperazine rings is 1. The maximum absolute atomic E-state index is 13.1. The number of carbonyl (C=O) groups excluding carboxylic acids is 2. The second-order valence-electron chi connectivity index (χ2n) is 7.12. The number of nitrogens with one attached hydrogen (secondary N) is 1. The Morgan fingerprint density at radius 3 is 2.59 bits per heavy atom. The van der Waals surface area contributed by atoms with Gasteiger partial charge in [-0.25, -0.2) is 4.98 Å². The summed E-state index contributed by atoms with van der Waals surface area (Å²) in [6, 6.07) is 3.25. The molecule has 0 bridgehead atoms. The van der Waals surface area contributed by atoms with Crippen LogP contribution in [0, 0.1) is 0 Å². The summed E-state index contributed by atoms with van der Waals surface area (Å²) < 4.78 is 43.6. The van der Waals surface area contributed by atoms with E-state index in [0.717, 1.165) is 12.3 Å². The van der Waals surface area contributed by atoms with Crippen molar-refractivity contribution in [1.82, 2.24) is 15.2 Å². The van der Waals surface area contributed by atoms with Crippen LogP contribution in [0.5, 0.6) is 0 Å². The van der Waals surface area contributed by atoms with E-state index in [2.05, 4.69) is 10.3 Å². The summed E-state index contributed by atoms with van der Waals surface area (Å²) in [4.78, 5) is 32.7. The van der Waals surface area contributed by atoms with Gasteiger partial charge in [0.2, 0.25) is 5.91 Å². The van der Waals surface area contributed by atoms with Crippen molar-refractivity contribution in [2.24, 2.45) is 0 Å². The second kappa shape index (κ2) is 10.5. The SMILES string of the molecule is CSCC[C@@H](NC(=O)c1ccco1)C(=O)N1CCN(c2ncc(C(F)(F)F)cc2Cl)CC1. The molecule has 174 valence electrons. The molecule has 0 unspecified atom stereocenters. The minimum Gasteiger partial charge on any atom is -0.459 e. The highest BCUT2D eigenvalue weighted by atomic mass is 35.5. The predicted molar refractivity (Wildman–Crippen MR) is 116 cm³/mol. The van der Waals surface area contributed by atoms with Crippen LogP contribution in [0.2, 0.25) is 5.02 Å². The highest BCUT2D eigenvalue weighted by molar-refractivity contribution is 7.98. The van der Waals surface area contributed by atoms with Gasteiger partial charge in [-0.3, -0.25) is 9.59 Å². The van der Waals surface area contributed by atoms with Gasteiger partial charge < -0.3 is 19.5 Å². The number of rotatable bonds is 7. The molecule has 0 spiro atoms. The van der Waals surface area contributed by atoms with Gasteiger partial charge in [-0.05, 0) is 36.6 Å². The Labute approximate surface area is 192 Å². The first kappa shape index (κ1) is 24.2. The molecule has 1 saturated heterocycles. The molecule has 0 aliphatic carbocycles. The quantitative estimate of drug-likeness (QED) is 0.639. The fourth-order valence-corrected chi connectivity index (χ4v) is 4.06. The number of hydrogen-bond acceptors (Lipinski definition) is 6. The first-order valence-electron chi connectivity index (χ1n) is 9.80. The Bertz CT molecular complexity index is 935. The van der Waals surface area contributed by atoms with E-state index < -0.39 is 23.7 Å². The third-order valence-electron chi connectivity index (χ3n) is 5.00. The second-order valence-corrected chi connectivity index (χ2v) is 8.52. The van der Waals surface area contributed by atoms with Crippen molar-refractivity contribution in [3.63, 3.8) is 0 Å². The van der Waals surface area contributed by atoms with Crippen molar-refractivity contribution < 1.29 is 27.2 Å². The summed E-state index contributed by atoms with van der Waals surface area (Å²) in [5.74, 6) is 0.371. The van der Waals surface area contributed by atoms with Gasteiger partial charge in [0.25, 0.3) is 5.91 Å². The van der Waals surface area contributed by atoms with Crippen LogP contribution in [0.15, 0.2) is 35.1 Å². The predicted octanol–water partition coefficient (Wildman–Crippen LogP) is 3.55. The lowest BCUT2D eigenvalue weighted by Gasteiger charge is -2.37. The van der Waals surface area contributed by atoms with Crippen molar-refractivity contribution in [1.29, 1.82) is 0 Å². The summed E-state index contributed by atoms with van der Waals surface area (Å²) in [6.45, 7) is 1.35. The molecule has 1 atom stereocenters. The van der Waals surface area contributed by atoms with Gasteiger partial charge in [-0.15, -0.1) is 0 Å². The van der Waals surface area contributed by atoms with E-state index in [1.807, 2.05) is 6.26 Å². The van der Waals surface area contributed by atoms with Gasteiger partial charge in [-0.1, -0.05) is 11.6 Å². The number of pyridine rings is 1. The van der Waals surface area contributed by atoms with Crippen molar-refractivity contribution in [2.75, 3.05) is 43.1 Å². The van der Waals surface area contributed by atoms with Crippen molar-refractivity contribution in [3.05, 3.63) is 47.0 Å². The van der Waals surface area contributed by atoms with Gasteiger partial charge in [-0.2, -0.15) is 24.9 Å². The van der Waals surface area contributed by atoms with Crippen LogP contribution in [-0.2, 0) is 11.0 Å². The molecule has 0 radical (unpaired) electrons. The maximum Gasteiger partial charge on any atom is 0.417 e. The van der Waals surface area contributed by atoms with Crippen molar-refractivity contribution in [2.45, 2.75) is 18.6 Å². The number of carbonyl (C=O) groups is 2. The number of furan rings is 1. The smallest absolute Gasteiger partial charge is 0.417 e. The zero-order valence-electron chi connectivity index (χ0n) is 17.2. The average molecular weight is 491 g/mol. The van der Waals surface area contributed by atoms with Crippen LogP contribution in [0.3, 0.4) is 0 Å². The number of anilines is 1. The molecular formula is C20H22ClF3N4O3S. The molecule has 32 heavy (non-hydrogen) atoms. The number of aromatic nitrogens is 1. The molecule has 1 N–H and O–H groups in total.